The van der Waals surface area contributed by atoms with E-state index < -0.39 is 23.3 Å². The van der Waals surface area contributed by atoms with Gasteiger partial charge in [-0.2, -0.15) is 13.2 Å². The highest BCUT2D eigenvalue weighted by molar-refractivity contribution is 5.98. The van der Waals surface area contributed by atoms with Crippen molar-refractivity contribution in [3.8, 4) is 12.3 Å². The molecule has 0 bridgehead atoms. The normalized spacial score (nSPS) is 11.9. The highest BCUT2D eigenvalue weighted by Gasteiger charge is 2.35. The number of nitrogens with two attached hydrogens (primary N) is 1. The topological polar surface area (TPSA) is 59.2 Å². The van der Waals surface area contributed by atoms with Gasteiger partial charge in [-0.25, -0.2) is 4.98 Å². The van der Waals surface area contributed by atoms with Gasteiger partial charge in [-0.15, -0.1) is 6.42 Å². The van der Waals surface area contributed by atoms with Crippen LogP contribution >= 0.6 is 0 Å². The lowest BCUT2D eigenvalue weighted by atomic mass is 10.0. The Morgan fingerprint density at radius 3 is 2.41 bits per heavy atom. The van der Waals surface area contributed by atoms with Crippen molar-refractivity contribution in [2.45, 2.75) is 38.9 Å². The third-order valence-corrected chi connectivity index (χ3v) is 3.16. The molecule has 0 aliphatic heterocycles. The van der Waals surface area contributed by atoms with E-state index in [-0.39, 0.29) is 11.4 Å². The standard InChI is InChI=1S/C15H18F3N3O/c1-5-9-21(14(3,4)6-2)13-10(12(19)22)7-8-11(20-13)15(16,17)18/h2,7-8H,5,9H2,1,3-4H3,(H2,19,22). The van der Waals surface area contributed by atoms with E-state index >= 15 is 0 Å². The van der Waals surface area contributed by atoms with Crippen LogP contribution in [0.15, 0.2) is 12.1 Å². The Balaban J connectivity index is 3.58. The van der Waals surface area contributed by atoms with Gasteiger partial charge in [0, 0.05) is 6.54 Å². The summed E-state index contributed by atoms with van der Waals surface area (Å²) in [5, 5.41) is 0. The number of halogens is 3. The molecule has 0 aliphatic rings. The number of alkyl halides is 3. The Kier molecular flexibility index (Phi) is 5.07. The number of anilines is 1. The maximum absolute atomic E-state index is 12.9. The van der Waals surface area contributed by atoms with Crippen molar-refractivity contribution in [1.29, 1.82) is 0 Å². The quantitative estimate of drug-likeness (QED) is 0.850. The summed E-state index contributed by atoms with van der Waals surface area (Å²) in [5.74, 6) is 1.50. The monoisotopic (exact) mass is 313 g/mol. The average molecular weight is 313 g/mol. The molecule has 22 heavy (non-hydrogen) atoms. The number of hydrogen-bond acceptors (Lipinski definition) is 3. The minimum Gasteiger partial charge on any atom is -0.365 e. The van der Waals surface area contributed by atoms with Gasteiger partial charge in [0.1, 0.15) is 11.5 Å². The van der Waals surface area contributed by atoms with Crippen molar-refractivity contribution in [2.75, 3.05) is 11.4 Å². The Bertz CT molecular complexity index is 603. The Morgan fingerprint density at radius 2 is 2.00 bits per heavy atom. The van der Waals surface area contributed by atoms with E-state index in [1.165, 1.54) is 4.90 Å². The first kappa shape index (κ1) is 17.8. The van der Waals surface area contributed by atoms with Crippen LogP contribution in [0, 0.1) is 12.3 Å². The number of primary amides is 1. The van der Waals surface area contributed by atoms with E-state index in [4.69, 9.17) is 12.2 Å². The molecule has 0 aliphatic carbocycles. The van der Waals surface area contributed by atoms with Crippen molar-refractivity contribution in [2.24, 2.45) is 5.73 Å². The summed E-state index contributed by atoms with van der Waals surface area (Å²) in [6.45, 7) is 5.51. The molecule has 0 saturated carbocycles. The third-order valence-electron chi connectivity index (χ3n) is 3.16. The first-order valence-corrected chi connectivity index (χ1v) is 6.68. The SMILES string of the molecule is C#CC(C)(C)N(CCC)c1nc(C(F)(F)F)ccc1C(N)=O. The zero-order valence-electron chi connectivity index (χ0n) is 12.7. The molecule has 4 nitrogen and oxygen atoms in total. The first-order valence-electron chi connectivity index (χ1n) is 6.68. The van der Waals surface area contributed by atoms with Gasteiger partial charge in [0.25, 0.3) is 5.91 Å². The lowest BCUT2D eigenvalue weighted by Crippen LogP contribution is -2.45. The molecule has 2 N–H and O–H groups in total. The van der Waals surface area contributed by atoms with E-state index in [0.29, 0.717) is 13.0 Å². The molecule has 0 aromatic carbocycles. The second-order valence-electron chi connectivity index (χ2n) is 5.28. The fourth-order valence-electron chi connectivity index (χ4n) is 1.96. The van der Waals surface area contributed by atoms with E-state index in [9.17, 15) is 18.0 Å². The van der Waals surface area contributed by atoms with E-state index in [2.05, 4.69) is 10.9 Å². The summed E-state index contributed by atoms with van der Waals surface area (Å²) in [7, 11) is 0. The van der Waals surface area contributed by atoms with Crippen LogP contribution in [0.4, 0.5) is 19.0 Å². The molecule has 0 atom stereocenters. The molecule has 1 aromatic heterocycles. The number of aromatic nitrogens is 1. The van der Waals surface area contributed by atoms with Crippen LogP contribution in [0.1, 0.15) is 43.2 Å². The van der Waals surface area contributed by atoms with E-state index in [0.717, 1.165) is 12.1 Å². The number of terminal acetylenes is 1. The van der Waals surface area contributed by atoms with E-state index in [1.54, 1.807) is 13.8 Å². The molecular formula is C15H18F3N3O. The summed E-state index contributed by atoms with van der Waals surface area (Å²) in [4.78, 5) is 16.6. The van der Waals surface area contributed by atoms with Gasteiger partial charge in [-0.05, 0) is 32.4 Å². The third kappa shape index (κ3) is 3.70. The second-order valence-corrected chi connectivity index (χ2v) is 5.28. The minimum absolute atomic E-state index is 0.0928. The van der Waals surface area contributed by atoms with Crippen LogP contribution < -0.4 is 10.6 Å². The van der Waals surface area contributed by atoms with Crippen molar-refractivity contribution in [3.05, 3.63) is 23.4 Å². The van der Waals surface area contributed by atoms with Gasteiger partial charge >= 0.3 is 6.18 Å². The van der Waals surface area contributed by atoms with Crippen LogP contribution in [0.5, 0.6) is 0 Å². The van der Waals surface area contributed by atoms with Crippen molar-refractivity contribution in [3.63, 3.8) is 0 Å². The molecule has 0 spiro atoms. The molecule has 120 valence electrons. The lowest BCUT2D eigenvalue weighted by molar-refractivity contribution is -0.141. The number of nitrogens with zero attached hydrogens (tertiary/aromatic N) is 2. The molecular weight excluding hydrogens is 295 g/mol. The van der Waals surface area contributed by atoms with Crippen LogP contribution in [0.25, 0.3) is 0 Å². The summed E-state index contributed by atoms with van der Waals surface area (Å²) in [5.41, 5.74) is 3.15. The number of rotatable bonds is 5. The summed E-state index contributed by atoms with van der Waals surface area (Å²) < 4.78 is 38.7. The number of carbonyl (C=O) groups excluding carboxylic acids is 1. The van der Waals surface area contributed by atoms with Gasteiger partial charge in [0.15, 0.2) is 0 Å². The Hall–Kier alpha value is -2.23. The predicted octanol–water partition coefficient (Wildman–Crippen LogP) is 2.83. The zero-order chi connectivity index (χ0) is 17.1. The Morgan fingerprint density at radius 1 is 1.41 bits per heavy atom. The van der Waals surface area contributed by atoms with Gasteiger partial charge in [0.2, 0.25) is 0 Å². The molecule has 0 unspecified atom stereocenters. The molecule has 1 rings (SSSR count). The summed E-state index contributed by atoms with van der Waals surface area (Å²) in [6.07, 6.45) is 1.46. The van der Waals surface area contributed by atoms with Gasteiger partial charge in [-0.3, -0.25) is 4.79 Å². The van der Waals surface area contributed by atoms with Crippen LogP contribution in [-0.2, 0) is 6.18 Å². The molecule has 0 radical (unpaired) electrons. The fourth-order valence-corrected chi connectivity index (χ4v) is 1.96. The van der Waals surface area contributed by atoms with Crippen LogP contribution in [0.3, 0.4) is 0 Å². The first-order chi connectivity index (χ1) is 10.0. The van der Waals surface area contributed by atoms with Crippen LogP contribution in [0.2, 0.25) is 0 Å². The summed E-state index contributed by atoms with van der Waals surface area (Å²) in [6, 6.07) is 1.76. The lowest BCUT2D eigenvalue weighted by Gasteiger charge is -2.36. The fraction of sp³-hybridized carbons (Fsp3) is 0.467. The maximum atomic E-state index is 12.9. The zero-order valence-corrected chi connectivity index (χ0v) is 12.7. The van der Waals surface area contributed by atoms with Crippen molar-refractivity contribution < 1.29 is 18.0 Å². The molecule has 0 saturated heterocycles. The van der Waals surface area contributed by atoms with E-state index in [1.807, 2.05) is 6.92 Å². The second kappa shape index (κ2) is 6.26. The highest BCUT2D eigenvalue weighted by atomic mass is 19.4. The number of hydrogen-bond donors (Lipinski definition) is 1. The van der Waals surface area contributed by atoms with Crippen LogP contribution in [-0.4, -0.2) is 23.0 Å². The molecule has 0 fully saturated rings. The molecule has 1 aromatic rings. The smallest absolute Gasteiger partial charge is 0.365 e. The number of pyridine rings is 1. The van der Waals surface area contributed by atoms with Gasteiger partial charge in [-0.1, -0.05) is 12.8 Å². The molecule has 7 heteroatoms. The summed E-state index contributed by atoms with van der Waals surface area (Å²) >= 11 is 0. The Labute approximate surface area is 127 Å². The largest absolute Gasteiger partial charge is 0.433 e. The number of amides is 1. The molecule has 1 amide bonds. The van der Waals surface area contributed by atoms with Crippen molar-refractivity contribution in [1.82, 2.24) is 4.98 Å². The number of carbonyl (C=O) groups is 1. The molecule has 1 heterocycles. The minimum atomic E-state index is -4.62. The average Bonchev–Trinajstić information content (AvgIpc) is 2.42. The van der Waals surface area contributed by atoms with Gasteiger partial charge < -0.3 is 10.6 Å². The maximum Gasteiger partial charge on any atom is 0.433 e. The van der Waals surface area contributed by atoms with Gasteiger partial charge in [0.05, 0.1) is 11.1 Å². The highest BCUT2D eigenvalue weighted by Crippen LogP contribution is 2.32. The predicted molar refractivity (Wildman–Crippen MR) is 78.3 cm³/mol. The van der Waals surface area contributed by atoms with Crippen molar-refractivity contribution >= 4 is 11.7 Å².